The summed E-state index contributed by atoms with van der Waals surface area (Å²) in [6.45, 7) is 0.344. The van der Waals surface area contributed by atoms with E-state index in [2.05, 4.69) is 25.5 Å². The largest absolute Gasteiger partial charge is 0.433 e. The highest BCUT2D eigenvalue weighted by Gasteiger charge is 2.32. The van der Waals surface area contributed by atoms with E-state index in [1.54, 1.807) is 0 Å². The second-order valence-electron chi connectivity index (χ2n) is 4.49. The number of nitrogens with zero attached hydrogens (tertiary/aromatic N) is 5. The molecule has 3 aromatic rings. The van der Waals surface area contributed by atoms with E-state index in [4.69, 9.17) is 0 Å². The van der Waals surface area contributed by atoms with Gasteiger partial charge >= 0.3 is 6.18 Å². The van der Waals surface area contributed by atoms with Gasteiger partial charge < -0.3 is 5.32 Å². The zero-order valence-corrected chi connectivity index (χ0v) is 11.2. The molecule has 6 nitrogen and oxygen atoms in total. The van der Waals surface area contributed by atoms with E-state index >= 15 is 0 Å². The summed E-state index contributed by atoms with van der Waals surface area (Å²) in [6.07, 6.45) is -1.11. The van der Waals surface area contributed by atoms with Gasteiger partial charge in [-0.3, -0.25) is 4.40 Å². The van der Waals surface area contributed by atoms with Gasteiger partial charge in [0.15, 0.2) is 5.65 Å². The van der Waals surface area contributed by atoms with Crippen LogP contribution in [0.5, 0.6) is 0 Å². The number of alkyl halides is 3. The summed E-state index contributed by atoms with van der Waals surface area (Å²) < 4.78 is 39.5. The smallest absolute Gasteiger partial charge is 0.354 e. The molecule has 0 bridgehead atoms. The Hall–Kier alpha value is -2.71. The van der Waals surface area contributed by atoms with Crippen molar-refractivity contribution < 1.29 is 13.2 Å². The van der Waals surface area contributed by atoms with Crippen LogP contribution in [-0.4, -0.2) is 31.1 Å². The monoisotopic (exact) mass is 308 g/mol. The Balaban J connectivity index is 1.66. The number of hydrogen-bond acceptors (Lipinski definition) is 5. The maximum atomic E-state index is 12.5. The van der Waals surface area contributed by atoms with Crippen molar-refractivity contribution in [3.05, 3.63) is 48.2 Å². The Labute approximate surface area is 123 Å². The summed E-state index contributed by atoms with van der Waals surface area (Å²) >= 11 is 0. The van der Waals surface area contributed by atoms with E-state index in [9.17, 15) is 13.2 Å². The van der Waals surface area contributed by atoms with Crippen LogP contribution in [0.15, 0.2) is 36.7 Å². The fourth-order valence-electron chi connectivity index (χ4n) is 1.95. The molecule has 0 aliphatic rings. The second-order valence-corrected chi connectivity index (χ2v) is 4.49. The first-order valence-corrected chi connectivity index (χ1v) is 6.47. The van der Waals surface area contributed by atoms with Crippen molar-refractivity contribution in [2.24, 2.45) is 0 Å². The molecule has 0 aliphatic carbocycles. The first-order chi connectivity index (χ1) is 10.5. The van der Waals surface area contributed by atoms with Gasteiger partial charge in [0.25, 0.3) is 0 Å². The van der Waals surface area contributed by atoms with Gasteiger partial charge in [-0.25, -0.2) is 9.97 Å². The van der Waals surface area contributed by atoms with Crippen LogP contribution < -0.4 is 5.32 Å². The summed E-state index contributed by atoms with van der Waals surface area (Å²) in [5, 5.41) is 10.8. The van der Waals surface area contributed by atoms with Gasteiger partial charge in [0.2, 0.25) is 5.95 Å². The van der Waals surface area contributed by atoms with E-state index in [1.807, 2.05) is 28.8 Å². The SMILES string of the molecule is FC(F)(F)c1ccnc(NCCc2nnc3ccccn23)n1. The maximum absolute atomic E-state index is 12.5. The lowest BCUT2D eigenvalue weighted by Crippen LogP contribution is -2.13. The van der Waals surface area contributed by atoms with Crippen molar-refractivity contribution in [3.63, 3.8) is 0 Å². The third kappa shape index (κ3) is 2.97. The van der Waals surface area contributed by atoms with Gasteiger partial charge in [0.1, 0.15) is 11.5 Å². The quantitative estimate of drug-likeness (QED) is 0.800. The first-order valence-electron chi connectivity index (χ1n) is 6.47. The fourth-order valence-corrected chi connectivity index (χ4v) is 1.95. The Kier molecular flexibility index (Phi) is 3.61. The molecule has 0 fully saturated rings. The molecule has 0 aliphatic heterocycles. The average molecular weight is 308 g/mol. The number of halogens is 3. The Morgan fingerprint density at radius 1 is 1.14 bits per heavy atom. The average Bonchev–Trinajstić information content (AvgIpc) is 2.90. The van der Waals surface area contributed by atoms with Crippen LogP contribution in [0.2, 0.25) is 0 Å². The van der Waals surface area contributed by atoms with Crippen molar-refractivity contribution in [1.82, 2.24) is 24.6 Å². The molecule has 3 aromatic heterocycles. The standard InChI is InChI=1S/C13H11F3N6/c14-13(15,16)9-4-6-17-12(19-9)18-7-5-11-21-20-10-3-1-2-8-22(10)11/h1-4,6,8H,5,7H2,(H,17,18,19). The molecule has 22 heavy (non-hydrogen) atoms. The van der Waals surface area contributed by atoms with Crippen molar-refractivity contribution in [2.45, 2.75) is 12.6 Å². The topological polar surface area (TPSA) is 68.0 Å². The van der Waals surface area contributed by atoms with Gasteiger partial charge in [-0.1, -0.05) is 6.07 Å². The molecule has 0 saturated carbocycles. The molecule has 0 unspecified atom stereocenters. The highest BCUT2D eigenvalue weighted by atomic mass is 19.4. The van der Waals surface area contributed by atoms with Crippen molar-refractivity contribution >= 4 is 11.6 Å². The van der Waals surface area contributed by atoms with Crippen LogP contribution in [0.25, 0.3) is 5.65 Å². The number of anilines is 1. The van der Waals surface area contributed by atoms with Crippen LogP contribution >= 0.6 is 0 Å². The van der Waals surface area contributed by atoms with Crippen molar-refractivity contribution in [2.75, 3.05) is 11.9 Å². The number of hydrogen-bond donors (Lipinski definition) is 1. The third-order valence-corrected chi connectivity index (χ3v) is 2.96. The maximum Gasteiger partial charge on any atom is 0.433 e. The van der Waals surface area contributed by atoms with Crippen molar-refractivity contribution in [3.8, 4) is 0 Å². The fraction of sp³-hybridized carbons (Fsp3) is 0.231. The summed E-state index contributed by atoms with van der Waals surface area (Å²) in [6, 6.07) is 6.35. The van der Waals surface area contributed by atoms with Crippen LogP contribution in [0.4, 0.5) is 19.1 Å². The van der Waals surface area contributed by atoms with Crippen LogP contribution in [0.3, 0.4) is 0 Å². The molecular formula is C13H11F3N6. The number of rotatable bonds is 4. The van der Waals surface area contributed by atoms with Crippen LogP contribution in [-0.2, 0) is 12.6 Å². The molecule has 9 heteroatoms. The number of aromatic nitrogens is 5. The molecule has 0 radical (unpaired) electrons. The number of fused-ring (bicyclic) bond motifs is 1. The van der Waals surface area contributed by atoms with Gasteiger partial charge in [-0.2, -0.15) is 13.2 Å². The molecule has 0 spiro atoms. The van der Waals surface area contributed by atoms with E-state index < -0.39 is 11.9 Å². The first kappa shape index (κ1) is 14.2. The van der Waals surface area contributed by atoms with Gasteiger partial charge in [0, 0.05) is 25.4 Å². The minimum Gasteiger partial charge on any atom is -0.354 e. The van der Waals surface area contributed by atoms with E-state index in [0.29, 0.717) is 24.4 Å². The molecule has 0 saturated heterocycles. The Morgan fingerprint density at radius 3 is 2.82 bits per heavy atom. The molecule has 114 valence electrons. The second kappa shape index (κ2) is 5.58. The minimum atomic E-state index is -4.48. The van der Waals surface area contributed by atoms with Gasteiger partial charge in [0.05, 0.1) is 0 Å². The lowest BCUT2D eigenvalue weighted by atomic mass is 10.4. The minimum absolute atomic E-state index is 0.0661. The number of pyridine rings is 1. The van der Waals surface area contributed by atoms with Gasteiger partial charge in [-0.15, -0.1) is 10.2 Å². The summed E-state index contributed by atoms with van der Waals surface area (Å²) in [5.41, 5.74) is -0.259. The van der Waals surface area contributed by atoms with E-state index in [1.165, 1.54) is 0 Å². The van der Waals surface area contributed by atoms with Crippen LogP contribution in [0.1, 0.15) is 11.5 Å². The lowest BCUT2D eigenvalue weighted by Gasteiger charge is -2.08. The zero-order chi connectivity index (χ0) is 15.6. The predicted molar refractivity (Wildman–Crippen MR) is 72.2 cm³/mol. The normalized spacial score (nSPS) is 11.8. The summed E-state index contributed by atoms with van der Waals surface area (Å²) in [7, 11) is 0. The van der Waals surface area contributed by atoms with Crippen molar-refractivity contribution in [1.29, 1.82) is 0 Å². The van der Waals surface area contributed by atoms with E-state index in [0.717, 1.165) is 12.3 Å². The molecule has 0 amide bonds. The highest BCUT2D eigenvalue weighted by molar-refractivity contribution is 5.37. The Morgan fingerprint density at radius 2 is 2.00 bits per heavy atom. The molecule has 1 N–H and O–H groups in total. The van der Waals surface area contributed by atoms with E-state index in [-0.39, 0.29) is 5.95 Å². The molecule has 0 atom stereocenters. The van der Waals surface area contributed by atoms with Crippen LogP contribution in [0, 0.1) is 0 Å². The molecule has 0 aromatic carbocycles. The third-order valence-electron chi connectivity index (χ3n) is 2.96. The molecule has 3 heterocycles. The summed E-state index contributed by atoms with van der Waals surface area (Å²) in [4.78, 5) is 7.20. The highest BCUT2D eigenvalue weighted by Crippen LogP contribution is 2.27. The Bertz CT molecular complexity index is 783. The zero-order valence-electron chi connectivity index (χ0n) is 11.2. The predicted octanol–water partition coefficient (Wildman–Crippen LogP) is 2.19. The number of nitrogens with one attached hydrogen (secondary N) is 1. The molecule has 3 rings (SSSR count). The lowest BCUT2D eigenvalue weighted by molar-refractivity contribution is -0.141. The summed E-state index contributed by atoms with van der Waals surface area (Å²) in [5.74, 6) is 0.638. The molecular weight excluding hydrogens is 297 g/mol. The van der Waals surface area contributed by atoms with Gasteiger partial charge in [-0.05, 0) is 18.2 Å².